The van der Waals surface area contributed by atoms with Crippen LogP contribution in [0, 0.1) is 12.8 Å². The van der Waals surface area contributed by atoms with Gasteiger partial charge in [-0.3, -0.25) is 14.7 Å². The van der Waals surface area contributed by atoms with E-state index >= 15 is 0 Å². The topological polar surface area (TPSA) is 71.9 Å². The molecule has 6 heteroatoms. The number of ether oxygens (including phenoxy) is 2. The van der Waals surface area contributed by atoms with E-state index in [1.165, 1.54) is 0 Å². The number of fused-ring (bicyclic) bond motifs is 1. The van der Waals surface area contributed by atoms with Crippen molar-refractivity contribution in [3.8, 4) is 11.5 Å². The summed E-state index contributed by atoms with van der Waals surface area (Å²) in [7, 11) is 0. The molecule has 0 radical (unpaired) electrons. The Labute approximate surface area is 152 Å². The summed E-state index contributed by atoms with van der Waals surface area (Å²) in [4.78, 5) is 18.4. The van der Waals surface area contributed by atoms with Crippen molar-refractivity contribution in [2.75, 3.05) is 19.9 Å². The maximum absolute atomic E-state index is 11.5. The second kappa shape index (κ2) is 6.96. The van der Waals surface area contributed by atoms with E-state index in [0.29, 0.717) is 6.54 Å². The zero-order chi connectivity index (χ0) is 18.1. The van der Waals surface area contributed by atoms with Gasteiger partial charge in [0.25, 0.3) is 0 Å². The highest BCUT2D eigenvalue weighted by atomic mass is 16.7. The van der Waals surface area contributed by atoms with Gasteiger partial charge in [-0.1, -0.05) is 12.1 Å². The Hall–Kier alpha value is -2.60. The molecule has 0 aliphatic carbocycles. The summed E-state index contributed by atoms with van der Waals surface area (Å²) in [6.07, 6.45) is 3.38. The number of benzene rings is 1. The SMILES string of the molecule is Cc1cccnc1C(c1ccc2c(c1)OCO2)N1CCCC(C(=O)O)C1. The Bertz CT molecular complexity index is 823. The zero-order valence-electron chi connectivity index (χ0n) is 14.7. The summed E-state index contributed by atoms with van der Waals surface area (Å²) in [6, 6.07) is 9.80. The zero-order valence-corrected chi connectivity index (χ0v) is 14.7. The van der Waals surface area contributed by atoms with Crippen LogP contribution in [0.1, 0.15) is 35.7 Å². The van der Waals surface area contributed by atoms with E-state index in [4.69, 9.17) is 9.47 Å². The van der Waals surface area contributed by atoms with Gasteiger partial charge in [-0.05, 0) is 55.6 Å². The summed E-state index contributed by atoms with van der Waals surface area (Å²) < 4.78 is 11.0. The predicted molar refractivity (Wildman–Crippen MR) is 95.3 cm³/mol. The number of nitrogens with zero attached hydrogens (tertiary/aromatic N) is 2. The van der Waals surface area contributed by atoms with Gasteiger partial charge in [0.15, 0.2) is 11.5 Å². The van der Waals surface area contributed by atoms with Crippen molar-refractivity contribution in [3.63, 3.8) is 0 Å². The van der Waals surface area contributed by atoms with Crippen LogP contribution < -0.4 is 9.47 Å². The van der Waals surface area contributed by atoms with Gasteiger partial charge in [0.05, 0.1) is 17.7 Å². The van der Waals surface area contributed by atoms with Crippen LogP contribution in [-0.2, 0) is 4.79 Å². The standard InChI is InChI=1S/C20H22N2O4/c1-13-4-2-8-21-18(13)19(22-9-3-5-15(11-22)20(23)24)14-6-7-16-17(10-14)26-12-25-16/h2,4,6-8,10,15,19H,3,5,9,11-12H2,1H3,(H,23,24). The molecule has 4 rings (SSSR count). The highest BCUT2D eigenvalue weighted by Crippen LogP contribution is 2.39. The number of carbonyl (C=O) groups is 1. The molecule has 1 aromatic heterocycles. The Kier molecular flexibility index (Phi) is 4.51. The molecule has 3 heterocycles. The van der Waals surface area contributed by atoms with Crippen molar-refractivity contribution in [3.05, 3.63) is 53.3 Å². The fraction of sp³-hybridized carbons (Fsp3) is 0.400. The molecule has 2 aliphatic heterocycles. The number of carboxylic acid groups (broad SMARTS) is 1. The highest BCUT2D eigenvalue weighted by molar-refractivity contribution is 5.70. The van der Waals surface area contributed by atoms with Gasteiger partial charge in [-0.15, -0.1) is 0 Å². The molecule has 1 N–H and O–H groups in total. The largest absolute Gasteiger partial charge is 0.481 e. The van der Waals surface area contributed by atoms with Crippen LogP contribution in [0.25, 0.3) is 0 Å². The molecular weight excluding hydrogens is 332 g/mol. The van der Waals surface area contributed by atoms with Gasteiger partial charge in [0.1, 0.15) is 0 Å². The Balaban J connectivity index is 1.75. The van der Waals surface area contributed by atoms with Crippen molar-refractivity contribution in [1.29, 1.82) is 0 Å². The summed E-state index contributed by atoms with van der Waals surface area (Å²) in [5, 5.41) is 9.48. The maximum Gasteiger partial charge on any atom is 0.307 e. The maximum atomic E-state index is 11.5. The molecule has 2 aromatic rings. The summed E-state index contributed by atoms with van der Waals surface area (Å²) >= 11 is 0. The molecule has 136 valence electrons. The lowest BCUT2D eigenvalue weighted by atomic mass is 9.92. The molecule has 0 saturated carbocycles. The Morgan fingerprint density at radius 3 is 2.96 bits per heavy atom. The average molecular weight is 354 g/mol. The van der Waals surface area contributed by atoms with Gasteiger partial charge < -0.3 is 14.6 Å². The van der Waals surface area contributed by atoms with Gasteiger partial charge in [0, 0.05) is 12.7 Å². The van der Waals surface area contributed by atoms with E-state index in [0.717, 1.165) is 47.7 Å². The lowest BCUT2D eigenvalue weighted by molar-refractivity contribution is -0.143. The minimum Gasteiger partial charge on any atom is -0.481 e. The first-order chi connectivity index (χ1) is 12.6. The van der Waals surface area contributed by atoms with E-state index < -0.39 is 5.97 Å². The van der Waals surface area contributed by atoms with E-state index in [1.54, 1.807) is 6.20 Å². The first-order valence-electron chi connectivity index (χ1n) is 8.91. The number of hydrogen-bond acceptors (Lipinski definition) is 5. The molecule has 26 heavy (non-hydrogen) atoms. The first-order valence-corrected chi connectivity index (χ1v) is 8.91. The summed E-state index contributed by atoms with van der Waals surface area (Å²) in [5.74, 6) is 0.404. The molecule has 1 saturated heterocycles. The minimum atomic E-state index is -0.725. The quantitative estimate of drug-likeness (QED) is 0.910. The number of hydrogen-bond donors (Lipinski definition) is 1. The molecule has 1 aromatic carbocycles. The number of carboxylic acids is 1. The fourth-order valence-corrected chi connectivity index (χ4v) is 3.85. The third kappa shape index (κ3) is 3.12. The fourth-order valence-electron chi connectivity index (χ4n) is 3.85. The Morgan fingerprint density at radius 2 is 2.15 bits per heavy atom. The van der Waals surface area contributed by atoms with E-state index in [2.05, 4.69) is 9.88 Å². The molecule has 2 aliphatic rings. The Morgan fingerprint density at radius 1 is 1.31 bits per heavy atom. The van der Waals surface area contributed by atoms with Gasteiger partial charge in [-0.25, -0.2) is 0 Å². The van der Waals surface area contributed by atoms with Gasteiger partial charge in [0.2, 0.25) is 6.79 Å². The van der Waals surface area contributed by atoms with Crippen LogP contribution in [0.3, 0.4) is 0 Å². The van der Waals surface area contributed by atoms with Crippen molar-refractivity contribution < 1.29 is 19.4 Å². The smallest absolute Gasteiger partial charge is 0.307 e. The molecule has 0 bridgehead atoms. The first kappa shape index (κ1) is 16.8. The second-order valence-corrected chi connectivity index (χ2v) is 6.89. The van der Waals surface area contributed by atoms with Crippen LogP contribution >= 0.6 is 0 Å². The van der Waals surface area contributed by atoms with Crippen molar-refractivity contribution >= 4 is 5.97 Å². The molecule has 1 fully saturated rings. The molecule has 2 unspecified atom stereocenters. The van der Waals surface area contributed by atoms with E-state index in [1.807, 2.05) is 37.3 Å². The summed E-state index contributed by atoms with van der Waals surface area (Å²) in [6.45, 7) is 3.64. The van der Waals surface area contributed by atoms with Crippen LogP contribution in [-0.4, -0.2) is 40.8 Å². The van der Waals surface area contributed by atoms with E-state index in [-0.39, 0.29) is 18.8 Å². The lowest BCUT2D eigenvalue weighted by Gasteiger charge is -2.37. The number of likely N-dealkylation sites (tertiary alicyclic amines) is 1. The minimum absolute atomic E-state index is 0.104. The van der Waals surface area contributed by atoms with Crippen LogP contribution in [0.5, 0.6) is 11.5 Å². The van der Waals surface area contributed by atoms with Crippen molar-refractivity contribution in [1.82, 2.24) is 9.88 Å². The van der Waals surface area contributed by atoms with Crippen molar-refractivity contribution in [2.45, 2.75) is 25.8 Å². The van der Waals surface area contributed by atoms with Gasteiger partial charge >= 0.3 is 5.97 Å². The molecule has 2 atom stereocenters. The number of pyridine rings is 1. The van der Waals surface area contributed by atoms with Crippen LogP contribution in [0.2, 0.25) is 0 Å². The van der Waals surface area contributed by atoms with Gasteiger partial charge in [-0.2, -0.15) is 0 Å². The third-order valence-corrected chi connectivity index (χ3v) is 5.19. The number of aryl methyl sites for hydroxylation is 1. The van der Waals surface area contributed by atoms with Crippen LogP contribution in [0.15, 0.2) is 36.5 Å². The molecule has 0 spiro atoms. The monoisotopic (exact) mass is 354 g/mol. The van der Waals surface area contributed by atoms with Crippen LogP contribution in [0.4, 0.5) is 0 Å². The average Bonchev–Trinajstić information content (AvgIpc) is 3.12. The highest BCUT2D eigenvalue weighted by Gasteiger charge is 2.33. The second-order valence-electron chi connectivity index (χ2n) is 6.89. The third-order valence-electron chi connectivity index (χ3n) is 5.19. The van der Waals surface area contributed by atoms with E-state index in [9.17, 15) is 9.90 Å². The number of aliphatic carboxylic acids is 1. The number of rotatable bonds is 4. The molecular formula is C20H22N2O4. The summed E-state index contributed by atoms with van der Waals surface area (Å²) in [5.41, 5.74) is 3.09. The van der Waals surface area contributed by atoms with Crippen molar-refractivity contribution in [2.24, 2.45) is 5.92 Å². The predicted octanol–water partition coefficient (Wildman–Crippen LogP) is 3.00. The number of piperidine rings is 1. The normalized spacial score (nSPS) is 20.7. The molecule has 0 amide bonds. The molecule has 6 nitrogen and oxygen atoms in total. The lowest BCUT2D eigenvalue weighted by Crippen LogP contribution is -2.41. The number of aromatic nitrogens is 1.